The molecule has 28 heavy (non-hydrogen) atoms. The highest BCUT2D eigenvalue weighted by Gasteiger charge is 2.07. The Balaban J connectivity index is 1.55. The van der Waals surface area contributed by atoms with Crippen molar-refractivity contribution in [3.8, 4) is 5.75 Å². The number of rotatable bonds is 7. The molecule has 3 aromatic rings. The van der Waals surface area contributed by atoms with Crippen molar-refractivity contribution in [1.29, 1.82) is 0 Å². The van der Waals surface area contributed by atoms with E-state index in [2.05, 4.69) is 58.6 Å². The monoisotopic (exact) mass is 438 g/mol. The van der Waals surface area contributed by atoms with Gasteiger partial charge in [0.15, 0.2) is 6.61 Å². The highest BCUT2D eigenvalue weighted by atomic mass is 79.9. The van der Waals surface area contributed by atoms with E-state index in [1.807, 2.05) is 48.5 Å². The van der Waals surface area contributed by atoms with E-state index >= 15 is 0 Å². The molecular weight excluding hydrogens is 416 g/mol. The number of hydrogen-bond acceptors (Lipinski definition) is 3. The van der Waals surface area contributed by atoms with Crippen LogP contribution in [0.2, 0.25) is 0 Å². The summed E-state index contributed by atoms with van der Waals surface area (Å²) in [4.78, 5) is 12.0. The first kappa shape index (κ1) is 20.0. The van der Waals surface area contributed by atoms with Gasteiger partial charge in [0.2, 0.25) is 0 Å². The molecule has 144 valence electrons. The van der Waals surface area contributed by atoms with E-state index in [0.29, 0.717) is 12.3 Å². The largest absolute Gasteiger partial charge is 0.483 e. The third-order valence-corrected chi connectivity index (χ3v) is 4.91. The van der Waals surface area contributed by atoms with Crippen LogP contribution >= 0.6 is 15.9 Å². The zero-order valence-corrected chi connectivity index (χ0v) is 17.5. The van der Waals surface area contributed by atoms with Crippen molar-refractivity contribution in [3.05, 3.63) is 87.9 Å². The fourth-order valence-corrected chi connectivity index (χ4v) is 3.30. The predicted octanol–water partition coefficient (Wildman–Crippen LogP) is 5.70. The molecule has 3 rings (SSSR count). The summed E-state index contributed by atoms with van der Waals surface area (Å²) in [5.74, 6) is 0.442. The molecule has 0 aliphatic carbocycles. The van der Waals surface area contributed by atoms with E-state index in [9.17, 15) is 4.79 Å². The predicted molar refractivity (Wildman–Crippen MR) is 118 cm³/mol. The molecule has 0 spiro atoms. The Bertz CT molecular complexity index is 958. The molecule has 0 aliphatic heterocycles. The van der Waals surface area contributed by atoms with Gasteiger partial charge in [-0.1, -0.05) is 36.4 Å². The Morgan fingerprint density at radius 2 is 1.79 bits per heavy atom. The number of hydrogen-bond donors (Lipinski definition) is 2. The lowest BCUT2D eigenvalue weighted by atomic mass is 10.1. The quantitative estimate of drug-likeness (QED) is 0.497. The van der Waals surface area contributed by atoms with Crippen molar-refractivity contribution in [2.75, 3.05) is 17.2 Å². The van der Waals surface area contributed by atoms with Crippen LogP contribution in [0.3, 0.4) is 0 Å². The molecule has 0 unspecified atom stereocenters. The number of carbonyl (C=O) groups excluding carboxylic acids is 1. The normalized spacial score (nSPS) is 10.4. The van der Waals surface area contributed by atoms with Gasteiger partial charge in [-0.3, -0.25) is 4.79 Å². The Hall–Kier alpha value is -2.79. The second-order valence-corrected chi connectivity index (χ2v) is 7.49. The SMILES string of the molecule is Cc1ccc(C)c(NCc2ccc(OCC(=O)Nc3ccccc3)c(Br)c2)c1. The maximum atomic E-state index is 12.0. The Kier molecular flexibility index (Phi) is 6.71. The second-order valence-electron chi connectivity index (χ2n) is 6.64. The van der Waals surface area contributed by atoms with Crippen LogP contribution in [0.25, 0.3) is 0 Å². The van der Waals surface area contributed by atoms with Crippen molar-refractivity contribution >= 4 is 33.2 Å². The van der Waals surface area contributed by atoms with E-state index < -0.39 is 0 Å². The lowest BCUT2D eigenvalue weighted by molar-refractivity contribution is -0.118. The smallest absolute Gasteiger partial charge is 0.262 e. The molecule has 0 saturated carbocycles. The number of aryl methyl sites for hydroxylation is 2. The first-order valence-corrected chi connectivity index (χ1v) is 9.88. The zero-order valence-electron chi connectivity index (χ0n) is 16.0. The molecule has 4 nitrogen and oxygen atoms in total. The van der Waals surface area contributed by atoms with Crippen LogP contribution in [0.15, 0.2) is 71.2 Å². The average molecular weight is 439 g/mol. The second kappa shape index (κ2) is 9.42. The van der Waals surface area contributed by atoms with Crippen LogP contribution in [0.4, 0.5) is 11.4 Å². The third-order valence-electron chi connectivity index (χ3n) is 4.29. The molecule has 2 N–H and O–H groups in total. The van der Waals surface area contributed by atoms with Gasteiger partial charge in [0.1, 0.15) is 5.75 Å². The fourth-order valence-electron chi connectivity index (χ4n) is 2.76. The van der Waals surface area contributed by atoms with Crippen LogP contribution in [0.1, 0.15) is 16.7 Å². The molecule has 3 aromatic carbocycles. The van der Waals surface area contributed by atoms with Gasteiger partial charge in [-0.15, -0.1) is 0 Å². The van der Waals surface area contributed by atoms with Crippen molar-refractivity contribution in [2.24, 2.45) is 0 Å². The number of amides is 1. The van der Waals surface area contributed by atoms with Crippen LogP contribution in [-0.2, 0) is 11.3 Å². The summed E-state index contributed by atoms with van der Waals surface area (Å²) in [6.07, 6.45) is 0. The van der Waals surface area contributed by atoms with Gasteiger partial charge >= 0.3 is 0 Å². The van der Waals surface area contributed by atoms with E-state index in [0.717, 1.165) is 21.4 Å². The topological polar surface area (TPSA) is 50.4 Å². The van der Waals surface area contributed by atoms with Gasteiger partial charge in [-0.05, 0) is 76.8 Å². The maximum absolute atomic E-state index is 12.0. The van der Waals surface area contributed by atoms with E-state index in [1.54, 1.807) is 0 Å². The van der Waals surface area contributed by atoms with Gasteiger partial charge < -0.3 is 15.4 Å². The Morgan fingerprint density at radius 1 is 1.00 bits per heavy atom. The summed E-state index contributed by atoms with van der Waals surface area (Å²) in [6, 6.07) is 21.6. The summed E-state index contributed by atoms with van der Waals surface area (Å²) in [5, 5.41) is 6.27. The molecule has 0 heterocycles. The van der Waals surface area contributed by atoms with Crippen LogP contribution in [0.5, 0.6) is 5.75 Å². The lowest BCUT2D eigenvalue weighted by Crippen LogP contribution is -2.20. The van der Waals surface area contributed by atoms with Crippen LogP contribution in [0, 0.1) is 13.8 Å². The van der Waals surface area contributed by atoms with Gasteiger partial charge in [0, 0.05) is 17.9 Å². The van der Waals surface area contributed by atoms with Gasteiger partial charge in [-0.25, -0.2) is 0 Å². The third kappa shape index (κ3) is 5.60. The van der Waals surface area contributed by atoms with E-state index in [-0.39, 0.29) is 12.5 Å². The standard InChI is InChI=1S/C23H23BrN2O2/c1-16-8-9-17(2)21(12-16)25-14-18-10-11-22(20(24)13-18)28-15-23(27)26-19-6-4-3-5-7-19/h3-13,25H,14-15H2,1-2H3,(H,26,27). The highest BCUT2D eigenvalue weighted by Crippen LogP contribution is 2.27. The molecule has 0 fully saturated rings. The van der Waals surface area contributed by atoms with Crippen molar-refractivity contribution < 1.29 is 9.53 Å². The summed E-state index contributed by atoms with van der Waals surface area (Å²) < 4.78 is 6.46. The van der Waals surface area contributed by atoms with Gasteiger partial charge in [-0.2, -0.15) is 0 Å². The Morgan fingerprint density at radius 3 is 2.54 bits per heavy atom. The number of halogens is 1. The molecule has 1 amide bonds. The number of anilines is 2. The minimum absolute atomic E-state index is 0.0480. The van der Waals surface area contributed by atoms with Crippen LogP contribution in [-0.4, -0.2) is 12.5 Å². The van der Waals surface area contributed by atoms with Crippen LogP contribution < -0.4 is 15.4 Å². The number of ether oxygens (including phenoxy) is 1. The zero-order chi connectivity index (χ0) is 19.9. The summed E-state index contributed by atoms with van der Waals surface area (Å²) in [5.41, 5.74) is 5.45. The number of para-hydroxylation sites is 1. The number of nitrogens with one attached hydrogen (secondary N) is 2. The summed E-state index contributed by atoms with van der Waals surface area (Å²) in [6.45, 7) is 4.83. The fraction of sp³-hybridized carbons (Fsp3) is 0.174. The molecule has 0 atom stereocenters. The molecule has 0 aromatic heterocycles. The maximum Gasteiger partial charge on any atom is 0.262 e. The first-order chi connectivity index (χ1) is 13.5. The van der Waals surface area contributed by atoms with Crippen molar-refractivity contribution in [1.82, 2.24) is 0 Å². The minimum Gasteiger partial charge on any atom is -0.483 e. The molecule has 0 aliphatic rings. The molecule has 0 radical (unpaired) electrons. The van der Waals surface area contributed by atoms with Crippen molar-refractivity contribution in [2.45, 2.75) is 20.4 Å². The number of carbonyl (C=O) groups is 1. The average Bonchev–Trinajstić information content (AvgIpc) is 2.68. The van der Waals surface area contributed by atoms with E-state index in [4.69, 9.17) is 4.74 Å². The molecule has 0 bridgehead atoms. The van der Waals surface area contributed by atoms with Gasteiger partial charge in [0.25, 0.3) is 5.91 Å². The number of benzene rings is 3. The molecule has 5 heteroatoms. The Labute approximate surface area is 174 Å². The molecular formula is C23H23BrN2O2. The minimum atomic E-state index is -0.196. The first-order valence-electron chi connectivity index (χ1n) is 9.08. The highest BCUT2D eigenvalue weighted by molar-refractivity contribution is 9.10. The van der Waals surface area contributed by atoms with Gasteiger partial charge in [0.05, 0.1) is 4.47 Å². The summed E-state index contributed by atoms with van der Waals surface area (Å²) >= 11 is 3.53. The van der Waals surface area contributed by atoms with Crippen molar-refractivity contribution in [3.63, 3.8) is 0 Å². The lowest BCUT2D eigenvalue weighted by Gasteiger charge is -2.13. The van der Waals surface area contributed by atoms with E-state index in [1.165, 1.54) is 11.1 Å². The molecule has 0 saturated heterocycles. The summed E-state index contributed by atoms with van der Waals surface area (Å²) in [7, 11) is 0.